The molecular formula is C13H22N2O2S. The Labute approximate surface area is 110 Å². The Balaban J connectivity index is 2.85. The molecule has 0 radical (unpaired) electrons. The van der Waals surface area contributed by atoms with Crippen LogP contribution >= 0.6 is 0 Å². The largest absolute Gasteiger partial charge is 0.320 e. The first-order valence-corrected chi connectivity index (χ1v) is 7.84. The van der Waals surface area contributed by atoms with Crippen LogP contribution in [-0.4, -0.2) is 34.3 Å². The highest BCUT2D eigenvalue weighted by atomic mass is 32.2. The lowest BCUT2D eigenvalue weighted by molar-refractivity contribution is 0.587. The minimum absolute atomic E-state index is 0.176. The summed E-state index contributed by atoms with van der Waals surface area (Å²) in [6.07, 6.45) is 0.626. The number of aryl methyl sites for hydroxylation is 1. The van der Waals surface area contributed by atoms with Crippen molar-refractivity contribution in [2.24, 2.45) is 0 Å². The van der Waals surface area contributed by atoms with E-state index in [2.05, 4.69) is 5.32 Å². The monoisotopic (exact) mass is 270 g/mol. The fourth-order valence-electron chi connectivity index (χ4n) is 1.79. The van der Waals surface area contributed by atoms with Crippen molar-refractivity contribution in [2.45, 2.75) is 20.3 Å². The molecule has 0 saturated carbocycles. The van der Waals surface area contributed by atoms with Gasteiger partial charge in [-0.2, -0.15) is 0 Å². The van der Waals surface area contributed by atoms with Crippen molar-refractivity contribution in [3.63, 3.8) is 0 Å². The number of nitrogens with one attached hydrogen (secondary N) is 1. The number of nitrogens with zero attached hydrogens (tertiary/aromatic N) is 1. The Bertz CT molecular complexity index is 454. The van der Waals surface area contributed by atoms with E-state index in [0.717, 1.165) is 11.3 Å². The molecule has 1 N–H and O–H groups in total. The molecule has 0 aromatic heterocycles. The summed E-state index contributed by atoms with van der Waals surface area (Å²) >= 11 is 0. The highest BCUT2D eigenvalue weighted by Crippen LogP contribution is 2.19. The van der Waals surface area contributed by atoms with Gasteiger partial charge in [0.2, 0.25) is 10.0 Å². The van der Waals surface area contributed by atoms with Gasteiger partial charge in [-0.25, -0.2) is 8.42 Å². The first kappa shape index (κ1) is 15.0. The second-order valence-electron chi connectivity index (χ2n) is 4.27. The number of benzene rings is 1. The Kier molecular flexibility index (Phi) is 5.62. The molecule has 102 valence electrons. The van der Waals surface area contributed by atoms with Crippen LogP contribution in [0.5, 0.6) is 0 Å². The third-order valence-electron chi connectivity index (χ3n) is 2.77. The second kappa shape index (κ2) is 6.75. The molecule has 0 unspecified atom stereocenters. The maximum atomic E-state index is 12.2. The maximum Gasteiger partial charge on any atom is 0.235 e. The lowest BCUT2D eigenvalue weighted by atomic mass is 10.2. The summed E-state index contributed by atoms with van der Waals surface area (Å²) < 4.78 is 25.9. The van der Waals surface area contributed by atoms with Gasteiger partial charge in [-0.15, -0.1) is 0 Å². The van der Waals surface area contributed by atoms with E-state index in [4.69, 9.17) is 0 Å². The predicted octanol–water partition coefficient (Wildman–Crippen LogP) is 1.76. The average molecular weight is 270 g/mol. The summed E-state index contributed by atoms with van der Waals surface area (Å²) in [5.41, 5.74) is 1.87. The van der Waals surface area contributed by atoms with Crippen molar-refractivity contribution in [3.05, 3.63) is 29.8 Å². The van der Waals surface area contributed by atoms with Crippen LogP contribution in [0.3, 0.4) is 0 Å². The molecule has 0 fully saturated rings. The second-order valence-corrected chi connectivity index (χ2v) is 6.29. The quantitative estimate of drug-likeness (QED) is 0.768. The lowest BCUT2D eigenvalue weighted by Crippen LogP contribution is -2.33. The van der Waals surface area contributed by atoms with Gasteiger partial charge in [0.15, 0.2) is 0 Å². The molecule has 1 rings (SSSR count). The normalized spacial score (nSPS) is 11.5. The van der Waals surface area contributed by atoms with Gasteiger partial charge in [0.05, 0.1) is 11.4 Å². The summed E-state index contributed by atoms with van der Waals surface area (Å²) in [6, 6.07) is 7.57. The highest BCUT2D eigenvalue weighted by molar-refractivity contribution is 7.92. The van der Waals surface area contributed by atoms with Crippen LogP contribution in [0.4, 0.5) is 5.69 Å². The van der Waals surface area contributed by atoms with Crippen LogP contribution in [0.2, 0.25) is 0 Å². The van der Waals surface area contributed by atoms with Gasteiger partial charge in [-0.1, -0.05) is 17.7 Å². The van der Waals surface area contributed by atoms with E-state index in [1.807, 2.05) is 45.2 Å². The Morgan fingerprint density at radius 3 is 2.33 bits per heavy atom. The summed E-state index contributed by atoms with van der Waals surface area (Å²) in [4.78, 5) is 0. The Hall–Kier alpha value is -1.07. The molecule has 0 aliphatic carbocycles. The molecule has 0 amide bonds. The van der Waals surface area contributed by atoms with Gasteiger partial charge in [-0.3, -0.25) is 4.31 Å². The first-order chi connectivity index (χ1) is 8.51. The summed E-state index contributed by atoms with van der Waals surface area (Å²) in [7, 11) is -1.39. The average Bonchev–Trinajstić information content (AvgIpc) is 2.32. The Morgan fingerprint density at radius 1 is 1.22 bits per heavy atom. The third-order valence-corrected chi connectivity index (χ3v) is 4.72. The topological polar surface area (TPSA) is 49.4 Å². The molecule has 1 aromatic carbocycles. The molecule has 0 aliphatic rings. The zero-order valence-corrected chi connectivity index (χ0v) is 12.1. The van der Waals surface area contributed by atoms with Crippen molar-refractivity contribution in [3.8, 4) is 0 Å². The van der Waals surface area contributed by atoms with Crippen LogP contribution in [0, 0.1) is 6.92 Å². The first-order valence-electron chi connectivity index (χ1n) is 6.23. The third kappa shape index (κ3) is 3.99. The van der Waals surface area contributed by atoms with Crippen molar-refractivity contribution in [1.82, 2.24) is 5.32 Å². The molecule has 0 heterocycles. The minimum atomic E-state index is -3.22. The van der Waals surface area contributed by atoms with Crippen molar-refractivity contribution >= 4 is 15.7 Å². The highest BCUT2D eigenvalue weighted by Gasteiger charge is 2.20. The van der Waals surface area contributed by atoms with Crippen LogP contribution in [0.15, 0.2) is 24.3 Å². The zero-order chi connectivity index (χ0) is 13.6. The van der Waals surface area contributed by atoms with Crippen molar-refractivity contribution < 1.29 is 8.42 Å². The number of hydrogen-bond donors (Lipinski definition) is 1. The van der Waals surface area contributed by atoms with Gasteiger partial charge >= 0.3 is 0 Å². The SMILES string of the molecule is CCN(c1ccc(C)cc1)S(=O)(=O)CCCNC. The van der Waals surface area contributed by atoms with E-state index < -0.39 is 10.0 Å². The van der Waals surface area contributed by atoms with E-state index in [-0.39, 0.29) is 5.75 Å². The molecule has 0 bridgehead atoms. The number of anilines is 1. The van der Waals surface area contributed by atoms with Gasteiger partial charge in [-0.05, 0) is 46.0 Å². The number of sulfonamides is 1. The molecule has 4 nitrogen and oxygen atoms in total. The smallest absolute Gasteiger partial charge is 0.235 e. The lowest BCUT2D eigenvalue weighted by Gasteiger charge is -2.23. The molecule has 0 spiro atoms. The predicted molar refractivity (Wildman–Crippen MR) is 76.5 cm³/mol. The van der Waals surface area contributed by atoms with Crippen LogP contribution in [0.25, 0.3) is 0 Å². The summed E-state index contributed by atoms with van der Waals surface area (Å²) in [6.45, 7) is 5.02. The molecule has 0 aliphatic heterocycles. The molecular weight excluding hydrogens is 248 g/mol. The summed E-state index contributed by atoms with van der Waals surface area (Å²) in [5, 5.41) is 2.96. The van der Waals surface area contributed by atoms with Gasteiger partial charge in [0.25, 0.3) is 0 Å². The number of rotatable bonds is 7. The number of hydrogen-bond acceptors (Lipinski definition) is 3. The Morgan fingerprint density at radius 2 is 1.83 bits per heavy atom. The molecule has 5 heteroatoms. The van der Waals surface area contributed by atoms with E-state index in [9.17, 15) is 8.42 Å². The zero-order valence-electron chi connectivity index (χ0n) is 11.3. The standard InChI is InChI=1S/C13H22N2O2S/c1-4-15(13-8-6-12(2)7-9-13)18(16,17)11-5-10-14-3/h6-9,14H,4-5,10-11H2,1-3H3. The molecule has 0 atom stereocenters. The summed E-state index contributed by atoms with van der Waals surface area (Å²) in [5.74, 6) is 0.176. The van der Waals surface area contributed by atoms with E-state index in [1.165, 1.54) is 4.31 Å². The molecule has 18 heavy (non-hydrogen) atoms. The van der Waals surface area contributed by atoms with Crippen LogP contribution < -0.4 is 9.62 Å². The van der Waals surface area contributed by atoms with E-state index in [1.54, 1.807) is 0 Å². The van der Waals surface area contributed by atoms with Crippen molar-refractivity contribution in [1.29, 1.82) is 0 Å². The van der Waals surface area contributed by atoms with Gasteiger partial charge in [0, 0.05) is 6.54 Å². The van der Waals surface area contributed by atoms with E-state index >= 15 is 0 Å². The maximum absolute atomic E-state index is 12.2. The van der Waals surface area contributed by atoms with E-state index in [0.29, 0.717) is 19.5 Å². The van der Waals surface area contributed by atoms with Crippen molar-refractivity contribution in [2.75, 3.05) is 30.2 Å². The van der Waals surface area contributed by atoms with Gasteiger partial charge in [0.1, 0.15) is 0 Å². The fourth-order valence-corrected chi connectivity index (χ4v) is 3.36. The van der Waals surface area contributed by atoms with Crippen LogP contribution in [-0.2, 0) is 10.0 Å². The van der Waals surface area contributed by atoms with Gasteiger partial charge < -0.3 is 5.32 Å². The minimum Gasteiger partial charge on any atom is -0.320 e. The molecule has 1 aromatic rings. The fraction of sp³-hybridized carbons (Fsp3) is 0.538. The van der Waals surface area contributed by atoms with Crippen LogP contribution in [0.1, 0.15) is 18.9 Å². The molecule has 0 saturated heterocycles.